The Bertz CT molecular complexity index is 156. The third-order valence-corrected chi connectivity index (χ3v) is 0.558. The van der Waals surface area contributed by atoms with E-state index in [1.807, 2.05) is 0 Å². The highest BCUT2D eigenvalue weighted by Gasteiger charge is 2.09. The van der Waals surface area contributed by atoms with E-state index in [9.17, 15) is 14.4 Å². The lowest BCUT2D eigenvalue weighted by Gasteiger charge is -1.93. The number of hydrogen-bond donors (Lipinski definition) is 3. The summed E-state index contributed by atoms with van der Waals surface area (Å²) in [6.45, 7) is 0. The average molecular weight is 147 g/mol. The van der Waals surface area contributed by atoms with Gasteiger partial charge in [0.15, 0.2) is 0 Å². The Morgan fingerprint density at radius 3 is 2.00 bits per heavy atom. The van der Waals surface area contributed by atoms with E-state index in [1.165, 1.54) is 5.32 Å². The Morgan fingerprint density at radius 2 is 1.70 bits per heavy atom. The number of carbonyl (C=O) groups excluding carboxylic acids is 1. The van der Waals surface area contributed by atoms with Crippen molar-refractivity contribution < 1.29 is 24.6 Å². The van der Waals surface area contributed by atoms with Crippen molar-refractivity contribution in [2.24, 2.45) is 0 Å². The zero-order valence-corrected chi connectivity index (χ0v) is 4.83. The molecular weight excluding hydrogens is 142 g/mol. The second kappa shape index (κ2) is 3.44. The standard InChI is InChI=1S/C4H5NO5/c6-2(1-3(7)8)5-4(9)10/h1H2,(H,5,6)(H,7,8)(H,9,10). The van der Waals surface area contributed by atoms with Crippen LogP contribution in [0.2, 0.25) is 0 Å². The lowest BCUT2D eigenvalue weighted by molar-refractivity contribution is -0.140. The molecule has 0 aliphatic heterocycles. The Labute approximate surface area is 55.5 Å². The zero-order valence-electron chi connectivity index (χ0n) is 4.83. The number of rotatable bonds is 2. The van der Waals surface area contributed by atoms with E-state index >= 15 is 0 Å². The third kappa shape index (κ3) is 4.57. The molecule has 2 amide bonds. The summed E-state index contributed by atoms with van der Waals surface area (Å²) in [6.07, 6.45) is -2.38. The molecule has 0 fully saturated rings. The van der Waals surface area contributed by atoms with E-state index in [0.29, 0.717) is 0 Å². The van der Waals surface area contributed by atoms with E-state index in [-0.39, 0.29) is 0 Å². The normalized spacial score (nSPS) is 8.40. The van der Waals surface area contributed by atoms with Crippen LogP contribution >= 0.6 is 0 Å². The van der Waals surface area contributed by atoms with Gasteiger partial charge in [-0.3, -0.25) is 14.9 Å². The number of aliphatic carboxylic acids is 1. The van der Waals surface area contributed by atoms with E-state index in [1.54, 1.807) is 0 Å². The van der Waals surface area contributed by atoms with Gasteiger partial charge in [-0.1, -0.05) is 0 Å². The largest absolute Gasteiger partial charge is 0.481 e. The maximum absolute atomic E-state index is 10.2. The number of nitrogens with one attached hydrogen (secondary N) is 1. The average Bonchev–Trinajstić information content (AvgIpc) is 1.58. The molecule has 0 aromatic heterocycles. The van der Waals surface area contributed by atoms with Crippen LogP contribution in [0.1, 0.15) is 6.42 Å². The van der Waals surface area contributed by atoms with Gasteiger partial charge in [0.05, 0.1) is 0 Å². The van der Waals surface area contributed by atoms with E-state index < -0.39 is 24.4 Å². The van der Waals surface area contributed by atoms with E-state index in [0.717, 1.165) is 0 Å². The molecule has 0 rings (SSSR count). The van der Waals surface area contributed by atoms with Gasteiger partial charge in [0, 0.05) is 0 Å². The molecule has 56 valence electrons. The first-order valence-corrected chi connectivity index (χ1v) is 2.27. The van der Waals surface area contributed by atoms with Gasteiger partial charge < -0.3 is 10.2 Å². The van der Waals surface area contributed by atoms with Crippen LogP contribution in [0.4, 0.5) is 4.79 Å². The summed E-state index contributed by atoms with van der Waals surface area (Å²) in [6, 6.07) is 0. The van der Waals surface area contributed by atoms with Gasteiger partial charge in [-0.15, -0.1) is 0 Å². The number of hydrogen-bond acceptors (Lipinski definition) is 3. The summed E-state index contributed by atoms with van der Waals surface area (Å²) >= 11 is 0. The fraction of sp³-hybridized carbons (Fsp3) is 0.250. The van der Waals surface area contributed by atoms with E-state index in [2.05, 4.69) is 0 Å². The van der Waals surface area contributed by atoms with Gasteiger partial charge in [0.1, 0.15) is 6.42 Å². The molecule has 10 heavy (non-hydrogen) atoms. The van der Waals surface area contributed by atoms with Crippen molar-refractivity contribution in [2.45, 2.75) is 6.42 Å². The minimum atomic E-state index is -1.55. The molecule has 0 unspecified atom stereocenters. The number of carboxylic acids is 1. The molecule has 0 spiro atoms. The molecular formula is C4H5NO5. The van der Waals surface area contributed by atoms with Crippen molar-refractivity contribution in [3.8, 4) is 0 Å². The molecule has 6 nitrogen and oxygen atoms in total. The molecule has 0 atom stereocenters. The molecule has 0 saturated carbocycles. The summed E-state index contributed by atoms with van der Waals surface area (Å²) in [5, 5.41) is 17.2. The highest BCUT2D eigenvalue weighted by atomic mass is 16.4. The summed E-state index contributed by atoms with van der Waals surface area (Å²) in [4.78, 5) is 29.6. The topological polar surface area (TPSA) is 104 Å². The van der Waals surface area contributed by atoms with Gasteiger partial charge in [0.25, 0.3) is 0 Å². The predicted molar refractivity (Wildman–Crippen MR) is 28.4 cm³/mol. The van der Waals surface area contributed by atoms with Crippen LogP contribution in [0, 0.1) is 0 Å². The molecule has 3 N–H and O–H groups in total. The van der Waals surface area contributed by atoms with Crippen molar-refractivity contribution in [3.63, 3.8) is 0 Å². The predicted octanol–water partition coefficient (Wildman–Crippen LogP) is -0.745. The monoisotopic (exact) mass is 147 g/mol. The fourth-order valence-electron chi connectivity index (χ4n) is 0.301. The SMILES string of the molecule is O=C(O)CC(=O)NC(=O)O. The molecule has 0 aromatic carbocycles. The summed E-state index contributed by atoms with van der Waals surface area (Å²) in [7, 11) is 0. The van der Waals surface area contributed by atoms with Gasteiger partial charge in [-0.2, -0.15) is 0 Å². The molecule has 0 aliphatic carbocycles. The van der Waals surface area contributed by atoms with Crippen molar-refractivity contribution >= 4 is 18.0 Å². The highest BCUT2D eigenvalue weighted by Crippen LogP contribution is 1.77. The van der Waals surface area contributed by atoms with Crippen LogP contribution in [0.25, 0.3) is 0 Å². The molecule has 0 heterocycles. The molecule has 0 bridgehead atoms. The molecule has 0 radical (unpaired) electrons. The van der Waals surface area contributed by atoms with Crippen molar-refractivity contribution in [1.29, 1.82) is 0 Å². The first-order valence-electron chi connectivity index (χ1n) is 2.27. The van der Waals surface area contributed by atoms with Crippen LogP contribution in [0.3, 0.4) is 0 Å². The Morgan fingerprint density at radius 1 is 1.20 bits per heavy atom. The minimum absolute atomic E-state index is 0.827. The van der Waals surface area contributed by atoms with Crippen LogP contribution in [-0.2, 0) is 9.59 Å². The van der Waals surface area contributed by atoms with Gasteiger partial charge in [-0.05, 0) is 0 Å². The lowest BCUT2D eigenvalue weighted by Crippen LogP contribution is -2.30. The van der Waals surface area contributed by atoms with Gasteiger partial charge in [-0.25, -0.2) is 4.79 Å². The third-order valence-electron chi connectivity index (χ3n) is 0.558. The number of imide groups is 1. The van der Waals surface area contributed by atoms with Crippen molar-refractivity contribution in [1.82, 2.24) is 5.32 Å². The summed E-state index contributed by atoms with van der Waals surface area (Å²) in [5.74, 6) is -2.40. The van der Waals surface area contributed by atoms with Crippen molar-refractivity contribution in [3.05, 3.63) is 0 Å². The van der Waals surface area contributed by atoms with Crippen molar-refractivity contribution in [2.75, 3.05) is 0 Å². The zero-order chi connectivity index (χ0) is 8.15. The first-order chi connectivity index (χ1) is 4.52. The maximum Gasteiger partial charge on any atom is 0.411 e. The number of amides is 2. The van der Waals surface area contributed by atoms with Crippen LogP contribution in [0.5, 0.6) is 0 Å². The highest BCUT2D eigenvalue weighted by molar-refractivity contribution is 5.99. The second-order valence-electron chi connectivity index (χ2n) is 1.42. The van der Waals surface area contributed by atoms with Crippen LogP contribution < -0.4 is 5.32 Å². The number of carboxylic acid groups (broad SMARTS) is 2. The fourth-order valence-corrected chi connectivity index (χ4v) is 0.301. The molecule has 0 aromatic rings. The maximum atomic E-state index is 10.2. The van der Waals surface area contributed by atoms with Gasteiger partial charge in [0.2, 0.25) is 5.91 Å². The van der Waals surface area contributed by atoms with Gasteiger partial charge >= 0.3 is 12.1 Å². The van der Waals surface area contributed by atoms with Crippen LogP contribution in [0.15, 0.2) is 0 Å². The van der Waals surface area contributed by atoms with Crippen LogP contribution in [-0.4, -0.2) is 28.2 Å². The Balaban J connectivity index is 3.65. The smallest absolute Gasteiger partial charge is 0.411 e. The molecule has 0 aliphatic rings. The molecule has 0 saturated heterocycles. The first kappa shape index (κ1) is 8.41. The van der Waals surface area contributed by atoms with E-state index in [4.69, 9.17) is 10.2 Å². The Kier molecular flexibility index (Phi) is 2.89. The summed E-state index contributed by atoms with van der Waals surface area (Å²) < 4.78 is 0. The Hall–Kier alpha value is -1.59. The minimum Gasteiger partial charge on any atom is -0.481 e. The number of carbonyl (C=O) groups is 3. The lowest BCUT2D eigenvalue weighted by atomic mass is 10.4. The quantitative estimate of drug-likeness (QED) is 0.446. The molecule has 6 heteroatoms. The second-order valence-corrected chi connectivity index (χ2v) is 1.42. The summed E-state index contributed by atoms with van der Waals surface area (Å²) in [5.41, 5.74) is 0.